The van der Waals surface area contributed by atoms with E-state index in [0.29, 0.717) is 30.2 Å². The van der Waals surface area contributed by atoms with E-state index in [0.717, 1.165) is 48.4 Å². The molecule has 0 bridgehead atoms. The molecule has 154 valence electrons. The third kappa shape index (κ3) is 3.36. The van der Waals surface area contributed by atoms with Crippen molar-refractivity contribution in [1.29, 1.82) is 0 Å². The summed E-state index contributed by atoms with van der Waals surface area (Å²) in [5.74, 6) is 1.55. The highest BCUT2D eigenvalue weighted by atomic mass is 16.5. The first-order valence-electron chi connectivity index (χ1n) is 10.3. The Bertz CT molecular complexity index is 1130. The van der Waals surface area contributed by atoms with E-state index < -0.39 is 0 Å². The number of nitrogens with zero attached hydrogens (tertiary/aromatic N) is 2. The predicted molar refractivity (Wildman–Crippen MR) is 115 cm³/mol. The van der Waals surface area contributed by atoms with Crippen molar-refractivity contribution in [1.82, 2.24) is 20.4 Å². The lowest BCUT2D eigenvalue weighted by Crippen LogP contribution is -2.43. The molecule has 0 saturated carbocycles. The van der Waals surface area contributed by atoms with Crippen LogP contribution in [0.5, 0.6) is 11.5 Å². The van der Waals surface area contributed by atoms with Gasteiger partial charge in [-0.3, -0.25) is 14.8 Å². The second-order valence-corrected chi connectivity index (χ2v) is 7.47. The van der Waals surface area contributed by atoms with Crippen molar-refractivity contribution in [2.75, 3.05) is 32.8 Å². The van der Waals surface area contributed by atoms with E-state index in [4.69, 9.17) is 9.47 Å². The number of carbonyl (C=O) groups excluding carboxylic acids is 1. The van der Waals surface area contributed by atoms with E-state index in [9.17, 15) is 4.79 Å². The van der Waals surface area contributed by atoms with Gasteiger partial charge in [0.25, 0.3) is 0 Å². The van der Waals surface area contributed by atoms with Crippen molar-refractivity contribution >= 4 is 22.8 Å². The number of carbonyl (C=O) groups is 1. The average molecular weight is 404 g/mol. The topological polar surface area (TPSA) is 79.5 Å². The molecule has 0 atom stereocenters. The zero-order valence-electron chi connectivity index (χ0n) is 16.9. The molecule has 0 aliphatic carbocycles. The number of para-hydroxylation sites is 1. The minimum Gasteiger partial charge on any atom is -0.493 e. The Balaban J connectivity index is 1.52. The maximum atomic E-state index is 13.1. The number of fused-ring (bicyclic) bond motifs is 2. The Morgan fingerprint density at radius 1 is 1.20 bits per heavy atom. The number of ether oxygens (including phenoxy) is 2. The summed E-state index contributed by atoms with van der Waals surface area (Å²) >= 11 is 0. The molecule has 2 N–H and O–H groups in total. The maximum absolute atomic E-state index is 13.1. The molecule has 3 heterocycles. The molecule has 30 heavy (non-hydrogen) atoms. The molecule has 0 unspecified atom stereocenters. The Kier molecular flexibility index (Phi) is 4.98. The lowest BCUT2D eigenvalue weighted by molar-refractivity contribution is 0.101. The number of allylic oxidation sites excluding steroid dienone is 1. The van der Waals surface area contributed by atoms with E-state index >= 15 is 0 Å². The normalized spacial score (nSPS) is 18.0. The van der Waals surface area contributed by atoms with Gasteiger partial charge >= 0.3 is 0 Å². The number of piperazine rings is 1. The Morgan fingerprint density at radius 2 is 2.03 bits per heavy atom. The molecule has 3 aromatic rings. The zero-order chi connectivity index (χ0) is 20.5. The molecule has 1 saturated heterocycles. The monoisotopic (exact) mass is 404 g/mol. The minimum atomic E-state index is -0.123. The van der Waals surface area contributed by atoms with E-state index in [-0.39, 0.29) is 11.5 Å². The number of Topliss-reactive ketones (excluding diaryl/α,β-unsaturated/α-hetero) is 1. The SMILES string of the molecule is CCOc1ccc2c(c1CN1CCNCC1)O/C(=C\c1n[nH]c3ccccc13)C2=O. The minimum absolute atomic E-state index is 0.123. The number of ketones is 1. The predicted octanol–water partition coefficient (Wildman–Crippen LogP) is 2.98. The molecule has 5 rings (SSSR count). The van der Waals surface area contributed by atoms with Gasteiger partial charge in [0, 0.05) is 44.2 Å². The Morgan fingerprint density at radius 3 is 2.87 bits per heavy atom. The molecule has 0 radical (unpaired) electrons. The first-order valence-corrected chi connectivity index (χ1v) is 10.3. The van der Waals surface area contributed by atoms with Gasteiger partial charge in [-0.25, -0.2) is 0 Å². The van der Waals surface area contributed by atoms with Gasteiger partial charge in [0.2, 0.25) is 5.78 Å². The fourth-order valence-corrected chi connectivity index (χ4v) is 4.04. The highest BCUT2D eigenvalue weighted by Crippen LogP contribution is 2.41. The number of nitrogens with one attached hydrogen (secondary N) is 2. The second kappa shape index (κ2) is 7.93. The summed E-state index contributed by atoms with van der Waals surface area (Å²) in [4.78, 5) is 15.4. The lowest BCUT2D eigenvalue weighted by atomic mass is 10.0. The molecular weight excluding hydrogens is 380 g/mol. The van der Waals surface area contributed by atoms with Gasteiger partial charge in [-0.1, -0.05) is 18.2 Å². The highest BCUT2D eigenvalue weighted by molar-refractivity contribution is 6.15. The van der Waals surface area contributed by atoms with E-state index in [2.05, 4.69) is 20.4 Å². The van der Waals surface area contributed by atoms with Gasteiger partial charge in [0.1, 0.15) is 11.5 Å². The molecule has 1 aromatic heterocycles. The van der Waals surface area contributed by atoms with Gasteiger partial charge < -0.3 is 14.8 Å². The van der Waals surface area contributed by atoms with Crippen molar-refractivity contribution in [2.45, 2.75) is 13.5 Å². The fraction of sp³-hybridized carbons (Fsp3) is 0.304. The third-order valence-corrected chi connectivity index (χ3v) is 5.56. The van der Waals surface area contributed by atoms with Crippen molar-refractivity contribution in [3.63, 3.8) is 0 Å². The van der Waals surface area contributed by atoms with Crippen LogP contribution in [-0.4, -0.2) is 53.7 Å². The molecule has 7 heteroatoms. The van der Waals surface area contributed by atoms with Gasteiger partial charge in [-0.2, -0.15) is 5.10 Å². The largest absolute Gasteiger partial charge is 0.493 e. The van der Waals surface area contributed by atoms with Gasteiger partial charge in [0.15, 0.2) is 5.76 Å². The van der Waals surface area contributed by atoms with E-state index in [1.807, 2.05) is 37.3 Å². The van der Waals surface area contributed by atoms with Gasteiger partial charge in [-0.05, 0) is 25.1 Å². The van der Waals surface area contributed by atoms with Crippen molar-refractivity contribution in [3.8, 4) is 11.5 Å². The number of hydrogen-bond donors (Lipinski definition) is 2. The molecule has 0 amide bonds. The summed E-state index contributed by atoms with van der Waals surface area (Å²) in [7, 11) is 0. The summed E-state index contributed by atoms with van der Waals surface area (Å²) in [5, 5.41) is 11.7. The number of aromatic amines is 1. The number of benzene rings is 2. The van der Waals surface area contributed by atoms with Crippen molar-refractivity contribution < 1.29 is 14.3 Å². The van der Waals surface area contributed by atoms with Crippen LogP contribution in [0, 0.1) is 0 Å². The quantitative estimate of drug-likeness (QED) is 0.637. The van der Waals surface area contributed by atoms with E-state index in [1.165, 1.54) is 0 Å². The molecule has 2 aliphatic rings. The maximum Gasteiger partial charge on any atom is 0.232 e. The van der Waals surface area contributed by atoms with Crippen molar-refractivity contribution in [3.05, 3.63) is 59.0 Å². The van der Waals surface area contributed by atoms with Crippen LogP contribution in [0.25, 0.3) is 17.0 Å². The first kappa shape index (κ1) is 18.8. The Labute approximate surface area is 174 Å². The van der Waals surface area contributed by atoms with Gasteiger partial charge in [-0.15, -0.1) is 0 Å². The van der Waals surface area contributed by atoms with Crippen LogP contribution in [0.4, 0.5) is 0 Å². The number of rotatable bonds is 5. The number of aromatic nitrogens is 2. The third-order valence-electron chi connectivity index (χ3n) is 5.56. The summed E-state index contributed by atoms with van der Waals surface area (Å²) in [6, 6.07) is 11.5. The Hall–Kier alpha value is -3.16. The molecule has 2 aromatic carbocycles. The van der Waals surface area contributed by atoms with Gasteiger partial charge in [0.05, 0.1) is 28.9 Å². The fourth-order valence-electron chi connectivity index (χ4n) is 4.04. The van der Waals surface area contributed by atoms with Crippen LogP contribution in [0.1, 0.15) is 28.5 Å². The summed E-state index contributed by atoms with van der Waals surface area (Å²) in [6.45, 7) is 7.01. The molecule has 0 spiro atoms. The van der Waals surface area contributed by atoms with Crippen LogP contribution < -0.4 is 14.8 Å². The van der Waals surface area contributed by atoms with Crippen molar-refractivity contribution in [2.24, 2.45) is 0 Å². The average Bonchev–Trinajstić information content (AvgIpc) is 3.32. The van der Waals surface area contributed by atoms with Crippen LogP contribution in [0.2, 0.25) is 0 Å². The summed E-state index contributed by atoms with van der Waals surface area (Å²) < 4.78 is 12.0. The summed E-state index contributed by atoms with van der Waals surface area (Å²) in [6.07, 6.45) is 1.72. The molecular formula is C23H24N4O3. The second-order valence-electron chi connectivity index (χ2n) is 7.47. The first-order chi connectivity index (χ1) is 14.7. The van der Waals surface area contributed by atoms with E-state index in [1.54, 1.807) is 12.1 Å². The van der Waals surface area contributed by atoms with Crippen LogP contribution >= 0.6 is 0 Å². The van der Waals surface area contributed by atoms with Crippen LogP contribution in [0.3, 0.4) is 0 Å². The lowest BCUT2D eigenvalue weighted by Gasteiger charge is -2.28. The van der Waals surface area contributed by atoms with Crippen LogP contribution in [0.15, 0.2) is 42.2 Å². The standard InChI is InChI=1S/C23H24N4O3/c1-2-29-20-8-7-16-22(28)21(13-19-15-5-3-4-6-18(15)25-26-19)30-23(16)17(20)14-27-11-9-24-10-12-27/h3-8,13,24H,2,9-12,14H2,1H3,(H,25,26)/b21-13-. The number of hydrogen-bond acceptors (Lipinski definition) is 6. The summed E-state index contributed by atoms with van der Waals surface area (Å²) in [5.41, 5.74) is 3.12. The van der Waals surface area contributed by atoms with Crippen LogP contribution in [-0.2, 0) is 6.54 Å². The molecule has 7 nitrogen and oxygen atoms in total. The molecule has 2 aliphatic heterocycles. The smallest absolute Gasteiger partial charge is 0.232 e. The zero-order valence-corrected chi connectivity index (χ0v) is 16.9. The molecule has 1 fully saturated rings. The highest BCUT2D eigenvalue weighted by Gasteiger charge is 2.32. The number of H-pyrrole nitrogens is 1.